The van der Waals surface area contributed by atoms with Gasteiger partial charge in [-0.15, -0.1) is 0 Å². The fourth-order valence-electron chi connectivity index (χ4n) is 2.45. The molecule has 100 valence electrons. The monoisotopic (exact) mass is 242 g/mol. The Morgan fingerprint density at radius 1 is 1.35 bits per heavy atom. The van der Waals surface area contributed by atoms with Gasteiger partial charge in [-0.3, -0.25) is 0 Å². The topological polar surface area (TPSA) is 52.6 Å². The molecule has 0 heterocycles. The van der Waals surface area contributed by atoms with Crippen LogP contribution in [0.1, 0.15) is 46.5 Å². The second-order valence-corrected chi connectivity index (χ2v) is 5.22. The molecule has 2 N–H and O–H groups in total. The van der Waals surface area contributed by atoms with E-state index in [2.05, 4.69) is 12.2 Å². The molecule has 0 bridgehead atoms. The van der Waals surface area contributed by atoms with Gasteiger partial charge in [0.1, 0.15) is 0 Å². The molecular weight excluding hydrogens is 216 g/mol. The van der Waals surface area contributed by atoms with Crippen LogP contribution in [-0.2, 0) is 0 Å². The van der Waals surface area contributed by atoms with E-state index in [-0.39, 0.29) is 18.2 Å². The largest absolute Gasteiger partial charge is 0.394 e. The summed E-state index contributed by atoms with van der Waals surface area (Å²) in [6.07, 6.45) is 3.94. The summed E-state index contributed by atoms with van der Waals surface area (Å²) in [4.78, 5) is 13.8. The van der Waals surface area contributed by atoms with Gasteiger partial charge in [0.05, 0.1) is 12.1 Å². The van der Waals surface area contributed by atoms with Crippen LogP contribution >= 0.6 is 0 Å². The highest BCUT2D eigenvalue weighted by Crippen LogP contribution is 2.31. The first-order valence-electron chi connectivity index (χ1n) is 6.75. The fourth-order valence-corrected chi connectivity index (χ4v) is 2.45. The number of amides is 2. The molecule has 0 aromatic carbocycles. The average Bonchev–Trinajstić information content (AvgIpc) is 2.34. The molecule has 0 aromatic rings. The summed E-state index contributed by atoms with van der Waals surface area (Å²) in [5, 5.41) is 12.6. The van der Waals surface area contributed by atoms with Gasteiger partial charge >= 0.3 is 6.03 Å². The molecule has 0 atom stereocenters. The minimum atomic E-state index is -0.383. The van der Waals surface area contributed by atoms with Crippen LogP contribution in [0.25, 0.3) is 0 Å². The zero-order valence-corrected chi connectivity index (χ0v) is 11.3. The molecular formula is C13H26N2O2. The number of aliphatic hydroxyl groups excluding tert-OH is 1. The Labute approximate surface area is 104 Å². The summed E-state index contributed by atoms with van der Waals surface area (Å²) in [6, 6.07) is -0.0430. The van der Waals surface area contributed by atoms with Gasteiger partial charge in [-0.05, 0) is 45.4 Å². The molecule has 0 spiro atoms. The highest BCUT2D eigenvalue weighted by atomic mass is 16.3. The lowest BCUT2D eigenvalue weighted by atomic mass is 9.77. The van der Waals surface area contributed by atoms with E-state index in [1.165, 1.54) is 0 Å². The van der Waals surface area contributed by atoms with Gasteiger partial charge < -0.3 is 15.3 Å². The summed E-state index contributed by atoms with van der Waals surface area (Å²) in [5.74, 6) is 0.708. The van der Waals surface area contributed by atoms with Crippen molar-refractivity contribution in [2.75, 3.05) is 19.7 Å². The minimum Gasteiger partial charge on any atom is -0.394 e. The lowest BCUT2D eigenvalue weighted by Crippen LogP contribution is -2.56. The number of carbonyl (C=O) groups excluding carboxylic acids is 1. The van der Waals surface area contributed by atoms with Crippen LogP contribution in [0.2, 0.25) is 0 Å². The standard InChI is InChI=1S/C13H26N2O2/c1-4-15(5-2)12(17)14-13(10-16)8-6-11(3)7-9-13/h11,16H,4-10H2,1-3H3,(H,14,17). The predicted molar refractivity (Wildman–Crippen MR) is 68.9 cm³/mol. The maximum absolute atomic E-state index is 12.0. The van der Waals surface area contributed by atoms with Gasteiger partial charge in [0, 0.05) is 13.1 Å². The number of hydrogen-bond donors (Lipinski definition) is 2. The Bertz CT molecular complexity index is 244. The molecule has 0 aromatic heterocycles. The van der Waals surface area contributed by atoms with E-state index in [0.29, 0.717) is 19.0 Å². The van der Waals surface area contributed by atoms with Crippen molar-refractivity contribution in [2.45, 2.75) is 52.0 Å². The molecule has 1 aliphatic carbocycles. The van der Waals surface area contributed by atoms with E-state index in [1.807, 2.05) is 13.8 Å². The van der Waals surface area contributed by atoms with Crippen molar-refractivity contribution in [3.05, 3.63) is 0 Å². The molecule has 2 amide bonds. The Morgan fingerprint density at radius 2 is 1.88 bits per heavy atom. The van der Waals surface area contributed by atoms with Crippen LogP contribution in [0.4, 0.5) is 4.79 Å². The van der Waals surface area contributed by atoms with Gasteiger partial charge in [-0.1, -0.05) is 6.92 Å². The average molecular weight is 242 g/mol. The smallest absolute Gasteiger partial charge is 0.317 e. The zero-order valence-electron chi connectivity index (χ0n) is 11.3. The molecule has 1 fully saturated rings. The first kappa shape index (κ1) is 14.3. The first-order chi connectivity index (χ1) is 8.06. The molecule has 1 aliphatic rings. The number of hydrogen-bond acceptors (Lipinski definition) is 2. The van der Waals surface area contributed by atoms with Gasteiger partial charge in [-0.25, -0.2) is 4.79 Å². The van der Waals surface area contributed by atoms with Crippen molar-refractivity contribution in [1.29, 1.82) is 0 Å². The summed E-state index contributed by atoms with van der Waals surface area (Å²) >= 11 is 0. The van der Waals surface area contributed by atoms with Gasteiger partial charge in [0.25, 0.3) is 0 Å². The maximum Gasteiger partial charge on any atom is 0.317 e. The van der Waals surface area contributed by atoms with Crippen molar-refractivity contribution >= 4 is 6.03 Å². The molecule has 17 heavy (non-hydrogen) atoms. The lowest BCUT2D eigenvalue weighted by Gasteiger charge is -2.39. The fraction of sp³-hybridized carbons (Fsp3) is 0.923. The van der Waals surface area contributed by atoms with Crippen molar-refractivity contribution in [3.63, 3.8) is 0 Å². The number of urea groups is 1. The highest BCUT2D eigenvalue weighted by Gasteiger charge is 2.35. The van der Waals surface area contributed by atoms with Gasteiger partial charge in [-0.2, -0.15) is 0 Å². The zero-order chi connectivity index (χ0) is 12.9. The Kier molecular flexibility index (Phi) is 5.25. The van der Waals surface area contributed by atoms with E-state index >= 15 is 0 Å². The predicted octanol–water partition coefficient (Wildman–Crippen LogP) is 1.98. The molecule has 0 radical (unpaired) electrons. The van der Waals surface area contributed by atoms with Crippen LogP contribution in [-0.4, -0.2) is 41.3 Å². The SMILES string of the molecule is CCN(CC)C(=O)NC1(CO)CCC(C)CC1. The maximum atomic E-state index is 12.0. The van der Waals surface area contributed by atoms with E-state index in [9.17, 15) is 9.90 Å². The lowest BCUT2D eigenvalue weighted by molar-refractivity contribution is 0.103. The van der Waals surface area contributed by atoms with Crippen LogP contribution in [0.3, 0.4) is 0 Å². The molecule has 0 saturated heterocycles. The summed E-state index contributed by atoms with van der Waals surface area (Å²) in [6.45, 7) is 7.63. The third-order valence-corrected chi connectivity index (χ3v) is 3.96. The van der Waals surface area contributed by atoms with E-state index in [4.69, 9.17) is 0 Å². The number of nitrogens with zero attached hydrogens (tertiary/aromatic N) is 1. The third-order valence-electron chi connectivity index (χ3n) is 3.96. The van der Waals surface area contributed by atoms with Crippen molar-refractivity contribution in [1.82, 2.24) is 10.2 Å². The Morgan fingerprint density at radius 3 is 2.29 bits per heavy atom. The Balaban J connectivity index is 2.59. The van der Waals surface area contributed by atoms with E-state index < -0.39 is 0 Å². The van der Waals surface area contributed by atoms with Crippen molar-refractivity contribution in [2.24, 2.45) is 5.92 Å². The van der Waals surface area contributed by atoms with E-state index in [0.717, 1.165) is 25.7 Å². The number of aliphatic hydroxyl groups is 1. The van der Waals surface area contributed by atoms with Crippen LogP contribution < -0.4 is 5.32 Å². The quantitative estimate of drug-likeness (QED) is 0.792. The number of nitrogens with one attached hydrogen (secondary N) is 1. The van der Waals surface area contributed by atoms with Crippen LogP contribution in [0.5, 0.6) is 0 Å². The second kappa shape index (κ2) is 6.24. The number of carbonyl (C=O) groups is 1. The number of rotatable bonds is 4. The summed E-state index contributed by atoms with van der Waals surface area (Å²) in [5.41, 5.74) is -0.383. The first-order valence-corrected chi connectivity index (χ1v) is 6.75. The second-order valence-electron chi connectivity index (χ2n) is 5.22. The van der Waals surface area contributed by atoms with Gasteiger partial charge in [0.2, 0.25) is 0 Å². The molecule has 0 unspecified atom stereocenters. The molecule has 0 aliphatic heterocycles. The molecule has 1 saturated carbocycles. The van der Waals surface area contributed by atoms with Crippen LogP contribution in [0, 0.1) is 5.92 Å². The summed E-state index contributed by atoms with van der Waals surface area (Å²) < 4.78 is 0. The highest BCUT2D eigenvalue weighted by molar-refractivity contribution is 5.75. The normalized spacial score (nSPS) is 28.8. The Hall–Kier alpha value is -0.770. The minimum absolute atomic E-state index is 0.0430. The van der Waals surface area contributed by atoms with Crippen LogP contribution in [0.15, 0.2) is 0 Å². The molecule has 4 heteroatoms. The third kappa shape index (κ3) is 3.60. The van der Waals surface area contributed by atoms with Gasteiger partial charge in [0.15, 0.2) is 0 Å². The summed E-state index contributed by atoms with van der Waals surface area (Å²) in [7, 11) is 0. The molecule has 1 rings (SSSR count). The van der Waals surface area contributed by atoms with E-state index in [1.54, 1.807) is 4.90 Å². The molecule has 4 nitrogen and oxygen atoms in total. The van der Waals surface area contributed by atoms with Crippen molar-refractivity contribution < 1.29 is 9.90 Å². The van der Waals surface area contributed by atoms with Crippen molar-refractivity contribution in [3.8, 4) is 0 Å².